The number of benzene rings is 1. The summed E-state index contributed by atoms with van der Waals surface area (Å²) in [6.45, 7) is 1.44. The number of ether oxygens (including phenoxy) is 1. The van der Waals surface area contributed by atoms with E-state index in [0.29, 0.717) is 17.5 Å². The molecule has 1 fully saturated rings. The fourth-order valence-electron chi connectivity index (χ4n) is 2.34. The average Bonchev–Trinajstić information content (AvgIpc) is 3.20. The predicted molar refractivity (Wildman–Crippen MR) is 86.0 cm³/mol. The van der Waals surface area contributed by atoms with Crippen molar-refractivity contribution in [3.63, 3.8) is 0 Å². The number of carbonyl (C=O) groups is 1. The fraction of sp³-hybridized carbons (Fsp3) is 0.400. The van der Waals surface area contributed by atoms with E-state index in [4.69, 9.17) is 4.74 Å². The molecule has 0 radical (unpaired) electrons. The summed E-state index contributed by atoms with van der Waals surface area (Å²) >= 11 is 1.17. The van der Waals surface area contributed by atoms with Crippen LogP contribution in [0.25, 0.3) is 11.4 Å². The van der Waals surface area contributed by atoms with E-state index >= 15 is 0 Å². The monoisotopic (exact) mass is 318 g/mol. The van der Waals surface area contributed by atoms with Crippen molar-refractivity contribution in [2.75, 3.05) is 18.5 Å². The number of anilines is 1. The molecule has 3 rings (SSSR count). The number of nitrogens with zero attached hydrogens (tertiary/aromatic N) is 2. The molecule has 7 heteroatoms. The highest BCUT2D eigenvalue weighted by Crippen LogP contribution is 2.20. The molecule has 1 aromatic carbocycles. The first-order chi connectivity index (χ1) is 10.8. The summed E-state index contributed by atoms with van der Waals surface area (Å²) in [6.07, 6.45) is 3.33. The van der Waals surface area contributed by atoms with Gasteiger partial charge in [0, 0.05) is 30.2 Å². The van der Waals surface area contributed by atoms with Gasteiger partial charge in [0.2, 0.25) is 5.13 Å². The van der Waals surface area contributed by atoms with Crippen molar-refractivity contribution in [2.45, 2.75) is 25.4 Å². The maximum absolute atomic E-state index is 11.8. The van der Waals surface area contributed by atoms with Crippen molar-refractivity contribution in [1.29, 1.82) is 0 Å². The van der Waals surface area contributed by atoms with E-state index in [2.05, 4.69) is 20.0 Å². The van der Waals surface area contributed by atoms with Crippen LogP contribution in [0.1, 0.15) is 19.3 Å². The van der Waals surface area contributed by atoms with Crippen LogP contribution in [0.4, 0.5) is 9.93 Å². The number of urea groups is 1. The number of rotatable bonds is 5. The number of aromatic nitrogens is 2. The Labute approximate surface area is 133 Å². The lowest BCUT2D eigenvalue weighted by molar-refractivity contribution is 0.105. The largest absolute Gasteiger partial charge is 0.378 e. The highest BCUT2D eigenvalue weighted by atomic mass is 32.1. The van der Waals surface area contributed by atoms with Gasteiger partial charge in [-0.25, -0.2) is 4.79 Å². The lowest BCUT2D eigenvalue weighted by atomic mass is 10.2. The molecular formula is C15H18N4O2S. The average molecular weight is 318 g/mol. The second-order valence-electron chi connectivity index (χ2n) is 5.09. The molecule has 0 spiro atoms. The topological polar surface area (TPSA) is 76.1 Å². The molecular weight excluding hydrogens is 300 g/mol. The van der Waals surface area contributed by atoms with Crippen LogP contribution in [0.3, 0.4) is 0 Å². The molecule has 1 saturated heterocycles. The first-order valence-electron chi connectivity index (χ1n) is 7.37. The van der Waals surface area contributed by atoms with Crippen molar-refractivity contribution < 1.29 is 9.53 Å². The van der Waals surface area contributed by atoms with Gasteiger partial charge in [-0.1, -0.05) is 30.3 Å². The van der Waals surface area contributed by atoms with E-state index in [1.54, 1.807) is 0 Å². The van der Waals surface area contributed by atoms with Crippen LogP contribution in [-0.4, -0.2) is 34.6 Å². The third-order valence-corrected chi connectivity index (χ3v) is 4.08. The molecule has 2 heterocycles. The van der Waals surface area contributed by atoms with E-state index in [-0.39, 0.29) is 12.1 Å². The molecule has 1 atom stereocenters. The van der Waals surface area contributed by atoms with E-state index < -0.39 is 0 Å². The third-order valence-electron chi connectivity index (χ3n) is 3.45. The summed E-state index contributed by atoms with van der Waals surface area (Å²) in [5.41, 5.74) is 0.936. The number of hydrogen-bond donors (Lipinski definition) is 2. The lowest BCUT2D eigenvalue weighted by Crippen LogP contribution is -2.31. The highest BCUT2D eigenvalue weighted by molar-refractivity contribution is 7.10. The van der Waals surface area contributed by atoms with E-state index in [0.717, 1.165) is 31.4 Å². The van der Waals surface area contributed by atoms with Crippen LogP contribution in [0, 0.1) is 0 Å². The maximum Gasteiger partial charge on any atom is 0.321 e. The van der Waals surface area contributed by atoms with Crippen LogP contribution in [0.15, 0.2) is 30.3 Å². The molecule has 0 bridgehead atoms. The van der Waals surface area contributed by atoms with E-state index in [9.17, 15) is 4.79 Å². The summed E-state index contributed by atoms with van der Waals surface area (Å²) in [4.78, 5) is 16.1. The zero-order chi connectivity index (χ0) is 15.2. The fourth-order valence-corrected chi connectivity index (χ4v) is 2.92. The van der Waals surface area contributed by atoms with Gasteiger partial charge in [0.05, 0.1) is 6.10 Å². The Kier molecular flexibility index (Phi) is 4.97. The smallest absolute Gasteiger partial charge is 0.321 e. The first kappa shape index (κ1) is 14.9. The van der Waals surface area contributed by atoms with Gasteiger partial charge in [-0.3, -0.25) is 5.32 Å². The Morgan fingerprint density at radius 1 is 1.36 bits per heavy atom. The van der Waals surface area contributed by atoms with Crippen molar-refractivity contribution in [1.82, 2.24) is 14.7 Å². The minimum absolute atomic E-state index is 0.256. The normalized spacial score (nSPS) is 17.4. The van der Waals surface area contributed by atoms with Gasteiger partial charge in [0.1, 0.15) is 0 Å². The molecule has 1 aromatic heterocycles. The zero-order valence-electron chi connectivity index (χ0n) is 12.1. The molecule has 1 aliphatic rings. The van der Waals surface area contributed by atoms with Crippen molar-refractivity contribution >= 4 is 22.7 Å². The van der Waals surface area contributed by atoms with Gasteiger partial charge in [0.15, 0.2) is 5.82 Å². The minimum atomic E-state index is -0.256. The molecule has 1 aliphatic heterocycles. The van der Waals surface area contributed by atoms with Gasteiger partial charge in [-0.05, 0) is 19.3 Å². The Bertz CT molecular complexity index is 611. The van der Waals surface area contributed by atoms with Gasteiger partial charge in [0.25, 0.3) is 0 Å². The molecule has 116 valence electrons. The number of hydrogen-bond acceptors (Lipinski definition) is 5. The first-order valence-corrected chi connectivity index (χ1v) is 8.14. The molecule has 22 heavy (non-hydrogen) atoms. The Morgan fingerprint density at radius 2 is 2.23 bits per heavy atom. The van der Waals surface area contributed by atoms with Gasteiger partial charge in [-0.15, -0.1) is 0 Å². The van der Waals surface area contributed by atoms with E-state index in [1.165, 1.54) is 11.5 Å². The summed E-state index contributed by atoms with van der Waals surface area (Å²) in [5, 5.41) is 6.02. The summed E-state index contributed by atoms with van der Waals surface area (Å²) in [7, 11) is 0. The summed E-state index contributed by atoms with van der Waals surface area (Å²) < 4.78 is 9.76. The molecule has 2 N–H and O–H groups in total. The number of amides is 2. The molecule has 2 aromatic rings. The van der Waals surface area contributed by atoms with Gasteiger partial charge in [-0.2, -0.15) is 9.36 Å². The SMILES string of the molecule is O=C(NCC[C@H]1CCCO1)Nc1nc(-c2ccccc2)ns1. The Hall–Kier alpha value is -1.99. The Balaban J connectivity index is 1.46. The summed E-state index contributed by atoms with van der Waals surface area (Å²) in [6, 6.07) is 9.42. The van der Waals surface area contributed by atoms with Crippen LogP contribution < -0.4 is 10.6 Å². The second-order valence-corrected chi connectivity index (χ2v) is 5.85. The van der Waals surface area contributed by atoms with Crippen LogP contribution >= 0.6 is 11.5 Å². The number of carbonyl (C=O) groups excluding carboxylic acids is 1. The maximum atomic E-state index is 11.8. The molecule has 0 aliphatic carbocycles. The molecule has 2 amide bonds. The summed E-state index contributed by atoms with van der Waals surface area (Å²) in [5.74, 6) is 0.625. The number of nitrogens with one attached hydrogen (secondary N) is 2. The third kappa shape index (κ3) is 4.02. The van der Waals surface area contributed by atoms with Crippen LogP contribution in [0.5, 0.6) is 0 Å². The van der Waals surface area contributed by atoms with Gasteiger partial charge < -0.3 is 10.1 Å². The quantitative estimate of drug-likeness (QED) is 0.889. The van der Waals surface area contributed by atoms with E-state index in [1.807, 2.05) is 30.3 Å². The molecule has 0 saturated carbocycles. The predicted octanol–water partition coefficient (Wildman–Crippen LogP) is 2.90. The standard InChI is InChI=1S/C15H18N4O2S/c20-14(16-9-8-12-7-4-10-21-12)18-15-17-13(19-22-15)11-5-2-1-3-6-11/h1-3,5-6,12H,4,7-10H2,(H2,16,17,18,19,20)/t12-/m1/s1. The lowest BCUT2D eigenvalue weighted by Gasteiger charge is -2.09. The van der Waals surface area contributed by atoms with Crippen LogP contribution in [-0.2, 0) is 4.74 Å². The van der Waals surface area contributed by atoms with Crippen molar-refractivity contribution in [3.05, 3.63) is 30.3 Å². The van der Waals surface area contributed by atoms with Crippen molar-refractivity contribution in [2.24, 2.45) is 0 Å². The zero-order valence-corrected chi connectivity index (χ0v) is 12.9. The van der Waals surface area contributed by atoms with Crippen LogP contribution in [0.2, 0.25) is 0 Å². The molecule has 6 nitrogen and oxygen atoms in total. The van der Waals surface area contributed by atoms with Crippen molar-refractivity contribution in [3.8, 4) is 11.4 Å². The highest BCUT2D eigenvalue weighted by Gasteiger charge is 2.15. The minimum Gasteiger partial charge on any atom is -0.378 e. The second kappa shape index (κ2) is 7.33. The van der Waals surface area contributed by atoms with Gasteiger partial charge >= 0.3 is 6.03 Å². The Morgan fingerprint density at radius 3 is 3.00 bits per heavy atom. The molecule has 0 unspecified atom stereocenters.